The van der Waals surface area contributed by atoms with Gasteiger partial charge in [0.1, 0.15) is 6.04 Å². The molecule has 6 heteroatoms. The Balaban J connectivity index is 1.86. The van der Waals surface area contributed by atoms with Crippen LogP contribution in [0.25, 0.3) is 0 Å². The maximum absolute atomic E-state index is 13.2. The highest BCUT2D eigenvalue weighted by atomic mass is 35.5. The van der Waals surface area contributed by atoms with Gasteiger partial charge in [0.2, 0.25) is 11.8 Å². The van der Waals surface area contributed by atoms with Gasteiger partial charge in [-0.15, -0.1) is 0 Å². The molecule has 1 N–H and O–H groups in total. The predicted octanol–water partition coefficient (Wildman–Crippen LogP) is 4.12. The molecule has 2 amide bonds. The molecule has 0 spiro atoms. The Bertz CT molecular complexity index is 805. The number of halogens is 1. The molecule has 1 saturated heterocycles. The molecule has 0 aromatic heterocycles. The van der Waals surface area contributed by atoms with Gasteiger partial charge in [-0.25, -0.2) is 0 Å². The molecule has 0 aliphatic carbocycles. The fourth-order valence-corrected chi connectivity index (χ4v) is 3.66. The molecule has 1 aliphatic rings. The lowest BCUT2D eigenvalue weighted by Gasteiger charge is -2.31. The summed E-state index contributed by atoms with van der Waals surface area (Å²) in [6.45, 7) is 3.33. The van der Waals surface area contributed by atoms with Gasteiger partial charge >= 0.3 is 0 Å². The number of amides is 2. The zero-order chi connectivity index (χ0) is 20.6. The van der Waals surface area contributed by atoms with Crippen LogP contribution in [0.3, 0.4) is 0 Å². The molecule has 2 aromatic rings. The van der Waals surface area contributed by atoms with Crippen molar-refractivity contribution in [3.63, 3.8) is 0 Å². The maximum atomic E-state index is 13.2. The van der Waals surface area contributed by atoms with Crippen LogP contribution in [0, 0.1) is 0 Å². The van der Waals surface area contributed by atoms with E-state index >= 15 is 0 Å². The zero-order valence-electron chi connectivity index (χ0n) is 16.6. The summed E-state index contributed by atoms with van der Waals surface area (Å²) in [5, 5.41) is 3.63. The number of nitrogens with one attached hydrogen (secondary N) is 1. The smallest absolute Gasteiger partial charge is 0.247 e. The van der Waals surface area contributed by atoms with E-state index in [1.807, 2.05) is 49.4 Å². The van der Waals surface area contributed by atoms with Crippen molar-refractivity contribution in [2.75, 3.05) is 13.2 Å². The number of rotatable bonds is 8. The summed E-state index contributed by atoms with van der Waals surface area (Å²) in [5.74, 6) is -0.275. The quantitative estimate of drug-likeness (QED) is 0.707. The van der Waals surface area contributed by atoms with E-state index in [-0.39, 0.29) is 17.9 Å². The second-order valence-electron chi connectivity index (χ2n) is 7.20. The molecule has 3 rings (SSSR count). The Morgan fingerprint density at radius 3 is 2.52 bits per heavy atom. The third-order valence-electron chi connectivity index (χ3n) is 5.09. The summed E-state index contributed by atoms with van der Waals surface area (Å²) in [4.78, 5) is 27.7. The molecule has 0 radical (unpaired) electrons. The van der Waals surface area contributed by atoms with Gasteiger partial charge in [-0.05, 0) is 36.1 Å². The number of nitrogens with zero attached hydrogens (tertiary/aromatic N) is 1. The number of hydrogen-bond acceptors (Lipinski definition) is 3. The highest BCUT2D eigenvalue weighted by Crippen LogP contribution is 2.25. The molecule has 154 valence electrons. The third-order valence-corrected chi connectivity index (χ3v) is 5.34. The van der Waals surface area contributed by atoms with Crippen molar-refractivity contribution in [3.8, 4) is 0 Å². The Labute approximate surface area is 177 Å². The number of carbonyl (C=O) groups excluding carboxylic acids is 2. The minimum Gasteiger partial charge on any atom is -0.376 e. The Kier molecular flexibility index (Phi) is 7.67. The highest BCUT2D eigenvalue weighted by molar-refractivity contribution is 6.30. The lowest BCUT2D eigenvalue weighted by molar-refractivity contribution is -0.141. The standard InChI is InChI=1S/C23H27ClN2O3/c1-2-21(27)26(16-17-10-12-19(24)13-11-17)22(18-7-4-3-5-8-18)23(28)25-15-20-9-6-14-29-20/h3-5,7-8,10-13,20,22H,2,6,9,14-16H2,1H3,(H,25,28)/t20-,22+/m1/s1. The average molecular weight is 415 g/mol. The van der Waals surface area contributed by atoms with Gasteiger partial charge in [0.25, 0.3) is 0 Å². The normalized spacial score (nSPS) is 17.0. The van der Waals surface area contributed by atoms with Gasteiger partial charge in [0, 0.05) is 31.1 Å². The van der Waals surface area contributed by atoms with E-state index in [0.29, 0.717) is 24.5 Å². The number of hydrogen-bond donors (Lipinski definition) is 1. The number of benzene rings is 2. The van der Waals surface area contributed by atoms with Crippen LogP contribution in [0.5, 0.6) is 0 Å². The van der Waals surface area contributed by atoms with Crippen LogP contribution in [0.1, 0.15) is 43.4 Å². The molecule has 1 aliphatic heterocycles. The van der Waals surface area contributed by atoms with E-state index in [9.17, 15) is 9.59 Å². The average Bonchev–Trinajstić information content (AvgIpc) is 3.27. The second kappa shape index (κ2) is 10.4. The van der Waals surface area contributed by atoms with Gasteiger partial charge in [-0.2, -0.15) is 0 Å². The van der Waals surface area contributed by atoms with Crippen LogP contribution < -0.4 is 5.32 Å². The zero-order valence-corrected chi connectivity index (χ0v) is 17.4. The summed E-state index contributed by atoms with van der Waals surface area (Å²) < 4.78 is 5.62. The second-order valence-corrected chi connectivity index (χ2v) is 7.63. The van der Waals surface area contributed by atoms with Gasteiger partial charge in [-0.1, -0.05) is 61.0 Å². The van der Waals surface area contributed by atoms with Gasteiger partial charge in [-0.3, -0.25) is 9.59 Å². The third kappa shape index (κ3) is 5.81. The maximum Gasteiger partial charge on any atom is 0.247 e. The molecule has 1 fully saturated rings. The summed E-state index contributed by atoms with van der Waals surface area (Å²) in [7, 11) is 0. The Morgan fingerprint density at radius 2 is 1.90 bits per heavy atom. The minimum absolute atomic E-state index is 0.0435. The summed E-state index contributed by atoms with van der Waals surface area (Å²) in [5.41, 5.74) is 1.71. The first-order valence-electron chi connectivity index (χ1n) is 10.1. The summed E-state index contributed by atoms with van der Waals surface area (Å²) in [6, 6.07) is 16.1. The minimum atomic E-state index is -0.708. The molecular formula is C23H27ClN2O3. The molecule has 5 nitrogen and oxygen atoms in total. The molecule has 0 unspecified atom stereocenters. The van der Waals surface area contributed by atoms with E-state index in [0.717, 1.165) is 30.6 Å². The molecule has 2 atom stereocenters. The number of carbonyl (C=O) groups is 2. The molecular weight excluding hydrogens is 388 g/mol. The first kappa shape index (κ1) is 21.3. The molecule has 1 heterocycles. The first-order valence-corrected chi connectivity index (χ1v) is 10.4. The van der Waals surface area contributed by atoms with Crippen molar-refractivity contribution < 1.29 is 14.3 Å². The molecule has 29 heavy (non-hydrogen) atoms. The molecule has 2 aromatic carbocycles. The van der Waals surface area contributed by atoms with E-state index in [2.05, 4.69) is 5.32 Å². The Morgan fingerprint density at radius 1 is 1.17 bits per heavy atom. The van der Waals surface area contributed by atoms with E-state index in [4.69, 9.17) is 16.3 Å². The monoisotopic (exact) mass is 414 g/mol. The number of ether oxygens (including phenoxy) is 1. The van der Waals surface area contributed by atoms with Crippen molar-refractivity contribution in [2.45, 2.75) is 44.9 Å². The molecule has 0 bridgehead atoms. The highest BCUT2D eigenvalue weighted by Gasteiger charge is 2.31. The molecule has 0 saturated carbocycles. The van der Waals surface area contributed by atoms with Crippen molar-refractivity contribution >= 4 is 23.4 Å². The first-order chi connectivity index (χ1) is 14.1. The van der Waals surface area contributed by atoms with E-state index in [1.165, 1.54) is 0 Å². The topological polar surface area (TPSA) is 58.6 Å². The van der Waals surface area contributed by atoms with Crippen LogP contribution in [-0.2, 0) is 20.9 Å². The lowest BCUT2D eigenvalue weighted by Crippen LogP contribution is -2.44. The van der Waals surface area contributed by atoms with Crippen molar-refractivity contribution in [3.05, 3.63) is 70.7 Å². The van der Waals surface area contributed by atoms with Gasteiger partial charge in [0.05, 0.1) is 6.10 Å². The Hall–Kier alpha value is -2.37. The fourth-order valence-electron chi connectivity index (χ4n) is 3.54. The van der Waals surface area contributed by atoms with Crippen molar-refractivity contribution in [1.82, 2.24) is 10.2 Å². The van der Waals surface area contributed by atoms with Crippen molar-refractivity contribution in [2.24, 2.45) is 0 Å². The SMILES string of the molecule is CCC(=O)N(Cc1ccc(Cl)cc1)[C@H](C(=O)NC[C@H]1CCCO1)c1ccccc1. The van der Waals surface area contributed by atoms with Crippen molar-refractivity contribution in [1.29, 1.82) is 0 Å². The van der Waals surface area contributed by atoms with Crippen LogP contribution in [0.4, 0.5) is 0 Å². The van der Waals surface area contributed by atoms with E-state index < -0.39 is 6.04 Å². The largest absolute Gasteiger partial charge is 0.376 e. The lowest BCUT2D eigenvalue weighted by atomic mass is 10.0. The van der Waals surface area contributed by atoms with Gasteiger partial charge in [0.15, 0.2) is 0 Å². The van der Waals surface area contributed by atoms with Crippen LogP contribution in [0.15, 0.2) is 54.6 Å². The summed E-state index contributed by atoms with van der Waals surface area (Å²) >= 11 is 5.99. The fraction of sp³-hybridized carbons (Fsp3) is 0.391. The van der Waals surface area contributed by atoms with E-state index in [1.54, 1.807) is 17.0 Å². The summed E-state index contributed by atoms with van der Waals surface area (Å²) in [6.07, 6.45) is 2.32. The van der Waals surface area contributed by atoms with Gasteiger partial charge < -0.3 is 15.0 Å². The predicted molar refractivity (Wildman–Crippen MR) is 113 cm³/mol. The van der Waals surface area contributed by atoms with Crippen LogP contribution in [-0.4, -0.2) is 36.0 Å². The van der Waals surface area contributed by atoms with Crippen LogP contribution in [0.2, 0.25) is 5.02 Å². The van der Waals surface area contributed by atoms with Crippen LogP contribution >= 0.6 is 11.6 Å².